The SMILES string of the molecule is c1cn2c(-c3ccc4ccoc4c3)cnc2cn1. The summed E-state index contributed by atoms with van der Waals surface area (Å²) >= 11 is 0. The minimum atomic E-state index is 0.840. The highest BCUT2D eigenvalue weighted by molar-refractivity contribution is 5.82. The van der Waals surface area contributed by atoms with Gasteiger partial charge in [0.25, 0.3) is 0 Å². The van der Waals surface area contributed by atoms with E-state index in [-0.39, 0.29) is 0 Å². The Bertz CT molecular complexity index is 844. The van der Waals surface area contributed by atoms with Gasteiger partial charge in [-0.2, -0.15) is 0 Å². The second-order valence-corrected chi connectivity index (χ2v) is 4.12. The van der Waals surface area contributed by atoms with E-state index in [1.165, 1.54) is 0 Å². The van der Waals surface area contributed by atoms with Crippen molar-refractivity contribution in [1.82, 2.24) is 14.4 Å². The third kappa shape index (κ3) is 1.26. The van der Waals surface area contributed by atoms with E-state index in [4.69, 9.17) is 4.42 Å². The Balaban J connectivity index is 2.00. The lowest BCUT2D eigenvalue weighted by Gasteiger charge is -2.01. The van der Waals surface area contributed by atoms with Crippen LogP contribution in [0.1, 0.15) is 0 Å². The molecule has 0 N–H and O–H groups in total. The van der Waals surface area contributed by atoms with Crippen molar-refractivity contribution >= 4 is 16.6 Å². The van der Waals surface area contributed by atoms with Crippen LogP contribution in [0, 0.1) is 0 Å². The third-order valence-corrected chi connectivity index (χ3v) is 3.07. The lowest BCUT2D eigenvalue weighted by molar-refractivity contribution is 0.616. The summed E-state index contributed by atoms with van der Waals surface area (Å²) in [7, 11) is 0. The molecule has 0 unspecified atom stereocenters. The maximum atomic E-state index is 5.43. The highest BCUT2D eigenvalue weighted by Crippen LogP contribution is 2.25. The van der Waals surface area contributed by atoms with Crippen molar-refractivity contribution in [1.29, 1.82) is 0 Å². The van der Waals surface area contributed by atoms with E-state index >= 15 is 0 Å². The van der Waals surface area contributed by atoms with Crippen LogP contribution in [0.2, 0.25) is 0 Å². The first kappa shape index (κ1) is 9.41. The molecule has 4 heteroatoms. The molecule has 86 valence electrons. The van der Waals surface area contributed by atoms with Crippen LogP contribution in [0.4, 0.5) is 0 Å². The number of fused-ring (bicyclic) bond motifs is 2. The zero-order valence-corrected chi connectivity index (χ0v) is 9.45. The van der Waals surface area contributed by atoms with Crippen molar-refractivity contribution in [3.05, 3.63) is 55.3 Å². The van der Waals surface area contributed by atoms with Crippen LogP contribution in [0.3, 0.4) is 0 Å². The summed E-state index contributed by atoms with van der Waals surface area (Å²) in [5.41, 5.74) is 3.84. The Morgan fingerprint density at radius 3 is 3.11 bits per heavy atom. The minimum Gasteiger partial charge on any atom is -0.464 e. The molecule has 4 nitrogen and oxygen atoms in total. The van der Waals surface area contributed by atoms with Crippen molar-refractivity contribution in [3.8, 4) is 11.3 Å². The topological polar surface area (TPSA) is 43.3 Å². The van der Waals surface area contributed by atoms with E-state index in [2.05, 4.69) is 22.1 Å². The molecule has 4 rings (SSSR count). The summed E-state index contributed by atoms with van der Waals surface area (Å²) in [6.45, 7) is 0. The average molecular weight is 235 g/mol. The molecule has 0 spiro atoms. The molecule has 0 fully saturated rings. The van der Waals surface area contributed by atoms with E-state index in [0.717, 1.165) is 27.9 Å². The molecule has 4 aromatic rings. The minimum absolute atomic E-state index is 0.840. The van der Waals surface area contributed by atoms with Crippen LogP contribution < -0.4 is 0 Å². The third-order valence-electron chi connectivity index (χ3n) is 3.07. The predicted octanol–water partition coefficient (Wildman–Crippen LogP) is 3.14. The largest absolute Gasteiger partial charge is 0.464 e. The molecule has 3 heterocycles. The second-order valence-electron chi connectivity index (χ2n) is 4.12. The lowest BCUT2D eigenvalue weighted by atomic mass is 10.1. The van der Waals surface area contributed by atoms with E-state index in [1.54, 1.807) is 18.7 Å². The number of hydrogen-bond donors (Lipinski definition) is 0. The van der Waals surface area contributed by atoms with Crippen molar-refractivity contribution in [2.45, 2.75) is 0 Å². The van der Waals surface area contributed by atoms with Crippen molar-refractivity contribution in [3.63, 3.8) is 0 Å². The molecule has 0 aliphatic rings. The zero-order chi connectivity index (χ0) is 11.9. The smallest absolute Gasteiger partial charge is 0.155 e. The van der Waals surface area contributed by atoms with Gasteiger partial charge in [0.05, 0.1) is 24.4 Å². The fourth-order valence-corrected chi connectivity index (χ4v) is 2.17. The number of nitrogens with zero attached hydrogens (tertiary/aromatic N) is 3. The first-order chi connectivity index (χ1) is 8.92. The molecule has 0 amide bonds. The number of imidazole rings is 1. The number of rotatable bonds is 1. The molecule has 0 atom stereocenters. The molecule has 3 aromatic heterocycles. The van der Waals surface area contributed by atoms with Gasteiger partial charge in [-0.15, -0.1) is 0 Å². The molecule has 1 aromatic carbocycles. The van der Waals surface area contributed by atoms with Crippen LogP contribution in [-0.2, 0) is 0 Å². The Labute approximate surface area is 103 Å². The number of benzene rings is 1. The summed E-state index contributed by atoms with van der Waals surface area (Å²) in [4.78, 5) is 8.39. The van der Waals surface area contributed by atoms with E-state index in [0.29, 0.717) is 0 Å². The quantitative estimate of drug-likeness (QED) is 0.509. The lowest BCUT2D eigenvalue weighted by Crippen LogP contribution is -1.88. The van der Waals surface area contributed by atoms with Gasteiger partial charge in [0.2, 0.25) is 0 Å². The maximum Gasteiger partial charge on any atom is 0.155 e. The van der Waals surface area contributed by atoms with Crippen LogP contribution in [-0.4, -0.2) is 14.4 Å². The summed E-state index contributed by atoms with van der Waals surface area (Å²) in [5, 5.41) is 1.11. The standard InChI is InChI=1S/C14H9N3O/c1-2-11(7-13-10(1)3-6-18-13)12-8-16-14-9-15-4-5-17(12)14/h1-9H. The van der Waals surface area contributed by atoms with Gasteiger partial charge in [0.1, 0.15) is 5.58 Å². The van der Waals surface area contributed by atoms with Crippen LogP contribution in [0.5, 0.6) is 0 Å². The number of hydrogen-bond acceptors (Lipinski definition) is 3. The number of furan rings is 1. The van der Waals surface area contributed by atoms with E-state index in [1.807, 2.05) is 28.9 Å². The summed E-state index contributed by atoms with van der Waals surface area (Å²) in [5.74, 6) is 0. The maximum absolute atomic E-state index is 5.43. The van der Waals surface area contributed by atoms with Crippen molar-refractivity contribution in [2.75, 3.05) is 0 Å². The molecule has 0 aliphatic heterocycles. The molecule has 0 bridgehead atoms. The number of aromatic nitrogens is 3. The van der Waals surface area contributed by atoms with E-state index < -0.39 is 0 Å². The highest BCUT2D eigenvalue weighted by atomic mass is 16.3. The molecule has 0 aliphatic carbocycles. The second kappa shape index (κ2) is 3.43. The Hall–Kier alpha value is -2.62. The highest BCUT2D eigenvalue weighted by Gasteiger charge is 2.07. The molecular formula is C14H9N3O. The van der Waals surface area contributed by atoms with Crippen LogP contribution in [0.25, 0.3) is 27.9 Å². The van der Waals surface area contributed by atoms with Gasteiger partial charge in [-0.25, -0.2) is 4.98 Å². The van der Waals surface area contributed by atoms with Crippen molar-refractivity contribution in [2.24, 2.45) is 0 Å². The molecule has 0 radical (unpaired) electrons. The Kier molecular flexibility index (Phi) is 1.80. The average Bonchev–Trinajstić information content (AvgIpc) is 3.04. The monoisotopic (exact) mass is 235 g/mol. The van der Waals surface area contributed by atoms with Gasteiger partial charge in [-0.3, -0.25) is 9.38 Å². The summed E-state index contributed by atoms with van der Waals surface area (Å²) < 4.78 is 7.44. The van der Waals surface area contributed by atoms with Crippen molar-refractivity contribution < 1.29 is 4.42 Å². The first-order valence-electron chi connectivity index (χ1n) is 5.66. The van der Waals surface area contributed by atoms with Gasteiger partial charge in [-0.05, 0) is 12.1 Å². The van der Waals surface area contributed by atoms with Crippen LogP contribution in [0.15, 0.2) is 59.7 Å². The Morgan fingerprint density at radius 2 is 2.11 bits per heavy atom. The fourth-order valence-electron chi connectivity index (χ4n) is 2.17. The molecule has 18 heavy (non-hydrogen) atoms. The molecule has 0 saturated heterocycles. The summed E-state index contributed by atoms with van der Waals surface area (Å²) in [6, 6.07) is 8.10. The van der Waals surface area contributed by atoms with Gasteiger partial charge in [-0.1, -0.05) is 12.1 Å². The van der Waals surface area contributed by atoms with Gasteiger partial charge in [0.15, 0.2) is 5.65 Å². The molecule has 0 saturated carbocycles. The van der Waals surface area contributed by atoms with E-state index in [9.17, 15) is 0 Å². The van der Waals surface area contributed by atoms with Gasteiger partial charge in [0, 0.05) is 23.3 Å². The zero-order valence-electron chi connectivity index (χ0n) is 9.45. The predicted molar refractivity (Wildman–Crippen MR) is 68.2 cm³/mol. The fraction of sp³-hybridized carbons (Fsp3) is 0. The summed E-state index contributed by atoms with van der Waals surface area (Å²) in [6.07, 6.45) is 8.95. The molecular weight excluding hydrogens is 226 g/mol. The van der Waals surface area contributed by atoms with Gasteiger partial charge < -0.3 is 4.42 Å². The van der Waals surface area contributed by atoms with Gasteiger partial charge >= 0.3 is 0 Å². The Morgan fingerprint density at radius 1 is 1.11 bits per heavy atom. The van der Waals surface area contributed by atoms with Crippen LogP contribution >= 0.6 is 0 Å². The normalized spacial score (nSPS) is 11.3. The first-order valence-corrected chi connectivity index (χ1v) is 5.66.